The van der Waals surface area contributed by atoms with Gasteiger partial charge in [-0.05, 0) is 37.0 Å². The van der Waals surface area contributed by atoms with Gasteiger partial charge in [-0.3, -0.25) is 34.3 Å². The Morgan fingerprint density at radius 3 is 2.36 bits per heavy atom. The molecule has 2 aromatic rings. The van der Waals surface area contributed by atoms with Crippen LogP contribution in [0.2, 0.25) is 0 Å². The number of hydrogen-bond donors (Lipinski definition) is 2. The van der Waals surface area contributed by atoms with Crippen molar-refractivity contribution in [3.8, 4) is 0 Å². The number of aromatic nitrogens is 2. The Balaban J connectivity index is 1.10. The molecule has 3 saturated heterocycles. The summed E-state index contributed by atoms with van der Waals surface area (Å²) in [7, 11) is 0. The summed E-state index contributed by atoms with van der Waals surface area (Å²) in [6.07, 6.45) is 4.76. The molecule has 5 heterocycles. The lowest BCUT2D eigenvalue weighted by Gasteiger charge is -2.38. The molecule has 2 N–H and O–H groups in total. The topological polar surface area (TPSA) is 145 Å². The second-order valence-corrected chi connectivity index (χ2v) is 10.5. The lowest BCUT2D eigenvalue weighted by molar-refractivity contribution is -0.136. The number of ether oxygens (including phenoxy) is 1. The van der Waals surface area contributed by atoms with Crippen molar-refractivity contribution in [1.29, 1.82) is 0 Å². The third-order valence-electron chi connectivity index (χ3n) is 8.05. The van der Waals surface area contributed by atoms with E-state index in [1.54, 1.807) is 18.2 Å². The molecule has 6 rings (SSSR count). The molecule has 4 aliphatic rings. The SMILES string of the molecule is O=C1CCC(N2C(=O)c3ccc(C4(O)CCN(Cc5cnc(N6CCOCC6)nc5)CC4)cc3C2=O)C(=O)N1. The molecule has 1 atom stereocenters. The molecular weight excluding hydrogens is 504 g/mol. The molecule has 12 nitrogen and oxygen atoms in total. The maximum atomic E-state index is 13.2. The molecule has 0 saturated carbocycles. The summed E-state index contributed by atoms with van der Waals surface area (Å²) in [4.78, 5) is 64.3. The van der Waals surface area contributed by atoms with E-state index in [2.05, 4.69) is 25.1 Å². The molecule has 1 aromatic heterocycles. The van der Waals surface area contributed by atoms with Gasteiger partial charge < -0.3 is 14.7 Å². The number of rotatable bonds is 5. The normalized spacial score (nSPS) is 23.7. The molecule has 1 aromatic carbocycles. The largest absolute Gasteiger partial charge is 0.385 e. The lowest BCUT2D eigenvalue weighted by Crippen LogP contribution is -2.54. The minimum atomic E-state index is -1.15. The maximum absolute atomic E-state index is 13.2. The van der Waals surface area contributed by atoms with Gasteiger partial charge >= 0.3 is 0 Å². The highest BCUT2D eigenvalue weighted by Crippen LogP contribution is 2.36. The third kappa shape index (κ3) is 4.79. The second kappa shape index (κ2) is 10.1. The molecule has 1 unspecified atom stereocenters. The quantitative estimate of drug-likeness (QED) is 0.510. The van der Waals surface area contributed by atoms with Gasteiger partial charge in [-0.2, -0.15) is 0 Å². The number of anilines is 1. The summed E-state index contributed by atoms with van der Waals surface area (Å²) < 4.78 is 5.38. The number of fused-ring (bicyclic) bond motifs is 1. The number of imide groups is 2. The lowest BCUT2D eigenvalue weighted by atomic mass is 9.83. The van der Waals surface area contributed by atoms with Gasteiger partial charge in [0.2, 0.25) is 17.8 Å². The summed E-state index contributed by atoms with van der Waals surface area (Å²) >= 11 is 0. The van der Waals surface area contributed by atoms with Crippen molar-refractivity contribution < 1.29 is 29.0 Å². The number of morpholine rings is 1. The summed E-state index contributed by atoms with van der Waals surface area (Å²) in [5.74, 6) is -1.49. The first-order valence-electron chi connectivity index (χ1n) is 13.3. The molecule has 0 aliphatic carbocycles. The molecule has 4 aliphatic heterocycles. The smallest absolute Gasteiger partial charge is 0.262 e. The van der Waals surface area contributed by atoms with E-state index in [0.717, 1.165) is 23.6 Å². The molecule has 12 heteroatoms. The number of nitrogens with one attached hydrogen (secondary N) is 1. The van der Waals surface area contributed by atoms with Gasteiger partial charge in [-0.25, -0.2) is 9.97 Å². The number of amides is 4. The van der Waals surface area contributed by atoms with Gasteiger partial charge in [-0.1, -0.05) is 6.07 Å². The van der Waals surface area contributed by atoms with Crippen molar-refractivity contribution in [2.75, 3.05) is 44.3 Å². The van der Waals surface area contributed by atoms with Crippen LogP contribution >= 0.6 is 0 Å². The van der Waals surface area contributed by atoms with Crippen molar-refractivity contribution in [1.82, 2.24) is 25.1 Å². The van der Waals surface area contributed by atoms with Crippen LogP contribution in [0, 0.1) is 0 Å². The van der Waals surface area contributed by atoms with Crippen LogP contribution in [0.4, 0.5) is 5.95 Å². The minimum absolute atomic E-state index is 0.0649. The van der Waals surface area contributed by atoms with Crippen LogP contribution in [0.3, 0.4) is 0 Å². The number of piperidine rings is 2. The van der Waals surface area contributed by atoms with Crippen molar-refractivity contribution in [3.63, 3.8) is 0 Å². The Bertz CT molecular complexity index is 1320. The van der Waals surface area contributed by atoms with E-state index in [1.807, 2.05) is 12.4 Å². The van der Waals surface area contributed by atoms with E-state index in [0.29, 0.717) is 57.2 Å². The number of aliphatic hydroxyl groups is 1. The van der Waals surface area contributed by atoms with Crippen LogP contribution in [-0.2, 0) is 26.5 Å². The minimum Gasteiger partial charge on any atom is -0.385 e. The first kappa shape index (κ1) is 25.5. The maximum Gasteiger partial charge on any atom is 0.262 e. The third-order valence-corrected chi connectivity index (χ3v) is 8.05. The zero-order chi connectivity index (χ0) is 27.1. The molecule has 0 bridgehead atoms. The highest BCUT2D eigenvalue weighted by atomic mass is 16.5. The van der Waals surface area contributed by atoms with Gasteiger partial charge in [-0.15, -0.1) is 0 Å². The van der Waals surface area contributed by atoms with Gasteiger partial charge in [0.25, 0.3) is 11.8 Å². The standard InChI is InChI=1S/C27H30N6O6/c34-22-4-3-21(23(35)30-22)33-24(36)19-2-1-18(13-20(19)25(33)37)27(38)5-7-31(8-6-27)16-17-14-28-26(29-15-17)32-9-11-39-12-10-32/h1-2,13-15,21,38H,3-12,16H2,(H,30,34,35). The first-order chi connectivity index (χ1) is 18.8. The molecule has 204 valence electrons. The number of benzene rings is 1. The number of carbonyl (C=O) groups excluding carboxylic acids is 4. The first-order valence-corrected chi connectivity index (χ1v) is 13.3. The van der Waals surface area contributed by atoms with Crippen LogP contribution < -0.4 is 10.2 Å². The van der Waals surface area contributed by atoms with E-state index >= 15 is 0 Å². The van der Waals surface area contributed by atoms with Gasteiger partial charge in [0.05, 0.1) is 29.9 Å². The Hall–Kier alpha value is -3.74. The average molecular weight is 535 g/mol. The Morgan fingerprint density at radius 1 is 0.974 bits per heavy atom. The van der Waals surface area contributed by atoms with Crippen LogP contribution in [0.5, 0.6) is 0 Å². The van der Waals surface area contributed by atoms with Crippen molar-refractivity contribution in [3.05, 3.63) is 52.8 Å². The zero-order valence-corrected chi connectivity index (χ0v) is 21.5. The van der Waals surface area contributed by atoms with E-state index in [4.69, 9.17) is 4.74 Å². The second-order valence-electron chi connectivity index (χ2n) is 10.5. The highest BCUT2D eigenvalue weighted by Gasteiger charge is 2.45. The summed E-state index contributed by atoms with van der Waals surface area (Å²) in [5.41, 5.74) is 0.803. The zero-order valence-electron chi connectivity index (χ0n) is 21.5. The predicted octanol–water partition coefficient (Wildman–Crippen LogP) is 0.198. The fourth-order valence-electron chi connectivity index (χ4n) is 5.74. The molecule has 0 radical (unpaired) electrons. The van der Waals surface area contributed by atoms with Crippen LogP contribution in [0.15, 0.2) is 30.6 Å². The molecule has 3 fully saturated rings. The van der Waals surface area contributed by atoms with E-state index < -0.39 is 35.3 Å². The molecule has 4 amide bonds. The fourth-order valence-corrected chi connectivity index (χ4v) is 5.74. The summed E-state index contributed by atoms with van der Waals surface area (Å²) in [6, 6.07) is 3.80. The van der Waals surface area contributed by atoms with E-state index in [1.165, 1.54) is 0 Å². The van der Waals surface area contributed by atoms with Crippen LogP contribution in [0.25, 0.3) is 0 Å². The number of carbonyl (C=O) groups is 4. The van der Waals surface area contributed by atoms with E-state index in [-0.39, 0.29) is 24.0 Å². The number of hydrogen-bond acceptors (Lipinski definition) is 10. The number of nitrogens with zero attached hydrogens (tertiary/aromatic N) is 5. The Morgan fingerprint density at radius 2 is 1.67 bits per heavy atom. The van der Waals surface area contributed by atoms with Crippen LogP contribution in [-0.4, -0.2) is 93.9 Å². The Kier molecular flexibility index (Phi) is 6.61. The van der Waals surface area contributed by atoms with E-state index in [9.17, 15) is 24.3 Å². The number of likely N-dealkylation sites (tertiary alicyclic amines) is 1. The van der Waals surface area contributed by atoms with Crippen molar-refractivity contribution in [2.24, 2.45) is 0 Å². The monoisotopic (exact) mass is 534 g/mol. The Labute approximate surface area is 224 Å². The van der Waals surface area contributed by atoms with Gasteiger partial charge in [0.15, 0.2) is 0 Å². The fraction of sp³-hybridized carbons (Fsp3) is 0.481. The highest BCUT2D eigenvalue weighted by molar-refractivity contribution is 6.23. The predicted molar refractivity (Wildman–Crippen MR) is 137 cm³/mol. The van der Waals surface area contributed by atoms with Crippen LogP contribution in [0.1, 0.15) is 57.5 Å². The van der Waals surface area contributed by atoms with Gasteiger partial charge in [0, 0.05) is 57.1 Å². The summed E-state index contributed by atoms with van der Waals surface area (Å²) in [5, 5.41) is 13.7. The molecular formula is C27H30N6O6. The average Bonchev–Trinajstić information content (AvgIpc) is 3.20. The summed E-state index contributed by atoms with van der Waals surface area (Å²) in [6.45, 7) is 4.84. The van der Waals surface area contributed by atoms with Gasteiger partial charge in [0.1, 0.15) is 6.04 Å². The molecule has 0 spiro atoms. The van der Waals surface area contributed by atoms with Crippen molar-refractivity contribution >= 4 is 29.6 Å². The van der Waals surface area contributed by atoms with Crippen molar-refractivity contribution in [2.45, 2.75) is 43.9 Å². The molecule has 39 heavy (non-hydrogen) atoms.